The summed E-state index contributed by atoms with van der Waals surface area (Å²) in [6.07, 6.45) is 5.52. The van der Waals surface area contributed by atoms with Crippen molar-refractivity contribution in [2.24, 2.45) is 0 Å². The molecule has 0 unspecified atom stereocenters. The van der Waals surface area contributed by atoms with Gasteiger partial charge in [0.2, 0.25) is 5.95 Å². The molecule has 0 aliphatic carbocycles. The van der Waals surface area contributed by atoms with E-state index in [-0.39, 0.29) is 5.82 Å². The second-order valence-electron chi connectivity index (χ2n) is 6.46. The van der Waals surface area contributed by atoms with Crippen LogP contribution in [-0.4, -0.2) is 57.1 Å². The number of benzene rings is 1. The van der Waals surface area contributed by atoms with Gasteiger partial charge in [0.15, 0.2) is 0 Å². The second-order valence-corrected chi connectivity index (χ2v) is 6.46. The number of piperazine rings is 1. The molecular formula is C18H21FN6. The maximum Gasteiger partial charge on any atom is 0.225 e. The molecule has 1 saturated heterocycles. The van der Waals surface area contributed by atoms with Gasteiger partial charge in [-0.1, -0.05) is 0 Å². The highest BCUT2D eigenvalue weighted by molar-refractivity contribution is 5.75. The van der Waals surface area contributed by atoms with Crippen molar-refractivity contribution in [1.82, 2.24) is 24.4 Å². The van der Waals surface area contributed by atoms with E-state index in [2.05, 4.69) is 29.3 Å². The molecule has 1 aliphatic rings. The fraction of sp³-hybridized carbons (Fsp3) is 0.389. The van der Waals surface area contributed by atoms with E-state index in [1.165, 1.54) is 12.1 Å². The number of anilines is 1. The molecule has 6 nitrogen and oxygen atoms in total. The largest absolute Gasteiger partial charge is 0.338 e. The first kappa shape index (κ1) is 16.0. The van der Waals surface area contributed by atoms with Crippen LogP contribution in [0, 0.1) is 12.7 Å². The molecule has 2 aromatic heterocycles. The first-order valence-electron chi connectivity index (χ1n) is 8.55. The number of rotatable bonds is 4. The Kier molecular flexibility index (Phi) is 4.31. The first-order valence-corrected chi connectivity index (χ1v) is 8.55. The maximum absolute atomic E-state index is 13.2. The highest BCUT2D eigenvalue weighted by atomic mass is 19.1. The van der Waals surface area contributed by atoms with Crippen LogP contribution in [0.25, 0.3) is 11.0 Å². The summed E-state index contributed by atoms with van der Waals surface area (Å²) in [5.41, 5.74) is 2.77. The van der Waals surface area contributed by atoms with Crippen molar-refractivity contribution in [3.8, 4) is 0 Å². The standard InChI is InChI=1S/C18H21FN6/c1-14-11-20-18(21-12-14)24-7-4-23(5-8-24)6-9-25-13-22-16-10-15(19)2-3-17(16)25/h2-3,10-13H,4-9H2,1H3. The molecule has 0 N–H and O–H groups in total. The Bertz CT molecular complexity index is 852. The normalized spacial score (nSPS) is 15.8. The zero-order valence-electron chi connectivity index (χ0n) is 14.3. The van der Waals surface area contributed by atoms with Crippen LogP contribution < -0.4 is 4.90 Å². The number of hydrogen-bond donors (Lipinski definition) is 0. The molecule has 0 bridgehead atoms. The Morgan fingerprint density at radius 3 is 2.52 bits per heavy atom. The lowest BCUT2D eigenvalue weighted by Gasteiger charge is -2.34. The van der Waals surface area contributed by atoms with E-state index in [9.17, 15) is 4.39 Å². The van der Waals surface area contributed by atoms with Crippen LogP contribution in [0.3, 0.4) is 0 Å². The van der Waals surface area contributed by atoms with E-state index in [1.807, 2.05) is 19.3 Å². The van der Waals surface area contributed by atoms with Crippen molar-refractivity contribution in [3.63, 3.8) is 0 Å². The molecule has 1 fully saturated rings. The first-order chi connectivity index (χ1) is 12.2. The van der Waals surface area contributed by atoms with Gasteiger partial charge in [-0.15, -0.1) is 0 Å². The summed E-state index contributed by atoms with van der Waals surface area (Å²) in [5.74, 6) is 0.570. The molecule has 1 aromatic carbocycles. The third kappa shape index (κ3) is 3.46. The van der Waals surface area contributed by atoms with Crippen LogP contribution in [0.2, 0.25) is 0 Å². The Balaban J connectivity index is 1.33. The molecular weight excluding hydrogens is 319 g/mol. The monoisotopic (exact) mass is 340 g/mol. The molecule has 130 valence electrons. The smallest absolute Gasteiger partial charge is 0.225 e. The van der Waals surface area contributed by atoms with E-state index in [1.54, 1.807) is 12.4 Å². The van der Waals surface area contributed by atoms with Crippen LogP contribution in [0.15, 0.2) is 36.9 Å². The molecule has 3 heterocycles. The number of aryl methyl sites for hydroxylation is 1. The average molecular weight is 340 g/mol. The van der Waals surface area contributed by atoms with Crippen LogP contribution in [0.4, 0.5) is 10.3 Å². The van der Waals surface area contributed by atoms with Gasteiger partial charge in [0.1, 0.15) is 5.82 Å². The van der Waals surface area contributed by atoms with E-state index < -0.39 is 0 Å². The quantitative estimate of drug-likeness (QED) is 0.728. The number of nitrogens with zero attached hydrogens (tertiary/aromatic N) is 6. The molecule has 7 heteroatoms. The van der Waals surface area contributed by atoms with E-state index in [4.69, 9.17) is 0 Å². The van der Waals surface area contributed by atoms with Crippen molar-refractivity contribution < 1.29 is 4.39 Å². The number of hydrogen-bond acceptors (Lipinski definition) is 5. The highest BCUT2D eigenvalue weighted by Gasteiger charge is 2.18. The molecule has 3 aromatic rings. The summed E-state index contributed by atoms with van der Waals surface area (Å²) >= 11 is 0. The number of imidazole rings is 1. The van der Waals surface area contributed by atoms with Gasteiger partial charge in [0, 0.05) is 57.7 Å². The average Bonchev–Trinajstić information content (AvgIpc) is 3.03. The molecule has 1 aliphatic heterocycles. The van der Waals surface area contributed by atoms with Crippen LogP contribution in [0.1, 0.15) is 5.56 Å². The fourth-order valence-corrected chi connectivity index (χ4v) is 3.18. The van der Waals surface area contributed by atoms with Crippen LogP contribution in [-0.2, 0) is 6.54 Å². The lowest BCUT2D eigenvalue weighted by molar-refractivity contribution is 0.248. The molecule has 4 rings (SSSR count). The van der Waals surface area contributed by atoms with Gasteiger partial charge >= 0.3 is 0 Å². The van der Waals surface area contributed by atoms with Crippen LogP contribution in [0.5, 0.6) is 0 Å². The minimum absolute atomic E-state index is 0.243. The zero-order chi connectivity index (χ0) is 17.2. The summed E-state index contributed by atoms with van der Waals surface area (Å²) in [7, 11) is 0. The third-order valence-corrected chi connectivity index (χ3v) is 4.66. The van der Waals surface area contributed by atoms with E-state index in [0.29, 0.717) is 5.52 Å². The summed E-state index contributed by atoms with van der Waals surface area (Å²) in [5, 5.41) is 0. The highest BCUT2D eigenvalue weighted by Crippen LogP contribution is 2.15. The summed E-state index contributed by atoms with van der Waals surface area (Å²) < 4.78 is 15.3. The zero-order valence-corrected chi connectivity index (χ0v) is 14.3. The number of halogens is 1. The molecule has 0 saturated carbocycles. The summed E-state index contributed by atoms with van der Waals surface area (Å²) in [6, 6.07) is 4.76. The lowest BCUT2D eigenvalue weighted by Crippen LogP contribution is -2.47. The van der Waals surface area contributed by atoms with Crippen molar-refractivity contribution >= 4 is 17.0 Å². The van der Waals surface area contributed by atoms with Crippen LogP contribution >= 0.6 is 0 Å². The molecule has 0 spiro atoms. The van der Waals surface area contributed by atoms with Gasteiger partial charge in [-0.05, 0) is 24.6 Å². The molecule has 0 radical (unpaired) electrons. The summed E-state index contributed by atoms with van der Waals surface area (Å²) in [6.45, 7) is 7.62. The Morgan fingerprint density at radius 2 is 1.76 bits per heavy atom. The van der Waals surface area contributed by atoms with Gasteiger partial charge in [0.05, 0.1) is 17.4 Å². The Labute approximate surface area is 145 Å². The van der Waals surface area contributed by atoms with Crippen molar-refractivity contribution in [2.75, 3.05) is 37.6 Å². The lowest BCUT2D eigenvalue weighted by atomic mass is 10.3. The van der Waals surface area contributed by atoms with Gasteiger partial charge in [0.25, 0.3) is 0 Å². The number of aromatic nitrogens is 4. The molecule has 25 heavy (non-hydrogen) atoms. The fourth-order valence-electron chi connectivity index (χ4n) is 3.18. The second kappa shape index (κ2) is 6.76. The topological polar surface area (TPSA) is 50.1 Å². The minimum Gasteiger partial charge on any atom is -0.338 e. The number of fused-ring (bicyclic) bond motifs is 1. The van der Waals surface area contributed by atoms with Gasteiger partial charge in [-0.3, -0.25) is 4.90 Å². The van der Waals surface area contributed by atoms with Gasteiger partial charge in [-0.25, -0.2) is 19.3 Å². The Morgan fingerprint density at radius 1 is 1.00 bits per heavy atom. The molecule has 0 amide bonds. The molecule has 0 atom stereocenters. The van der Waals surface area contributed by atoms with E-state index in [0.717, 1.165) is 56.3 Å². The third-order valence-electron chi connectivity index (χ3n) is 4.66. The summed E-state index contributed by atoms with van der Waals surface area (Å²) in [4.78, 5) is 17.8. The van der Waals surface area contributed by atoms with E-state index >= 15 is 0 Å². The predicted molar refractivity (Wildman–Crippen MR) is 95.1 cm³/mol. The van der Waals surface area contributed by atoms with Crippen molar-refractivity contribution in [2.45, 2.75) is 13.5 Å². The van der Waals surface area contributed by atoms with Gasteiger partial charge in [-0.2, -0.15) is 0 Å². The predicted octanol–water partition coefficient (Wildman–Crippen LogP) is 2.10. The SMILES string of the molecule is Cc1cnc(N2CCN(CCn3cnc4cc(F)ccc43)CC2)nc1. The van der Waals surface area contributed by atoms with Crippen molar-refractivity contribution in [1.29, 1.82) is 0 Å². The van der Waals surface area contributed by atoms with Crippen molar-refractivity contribution in [3.05, 3.63) is 48.3 Å². The Hall–Kier alpha value is -2.54. The minimum atomic E-state index is -0.243. The maximum atomic E-state index is 13.2. The van der Waals surface area contributed by atoms with Gasteiger partial charge < -0.3 is 9.47 Å².